The van der Waals surface area contributed by atoms with Crippen molar-refractivity contribution in [3.05, 3.63) is 53.9 Å². The number of halogens is 3. The van der Waals surface area contributed by atoms with Crippen molar-refractivity contribution < 1.29 is 13.2 Å². The van der Waals surface area contributed by atoms with Gasteiger partial charge in [-0.1, -0.05) is 12.1 Å². The van der Waals surface area contributed by atoms with E-state index in [9.17, 15) is 13.2 Å². The standard InChI is InChI=1S/C14H7F3N4/c15-14(16,17)11-6-9(4-5-10(11)7-18)12-2-1-3-13-19-8-20-21(12)13/h1-6,8H. The van der Waals surface area contributed by atoms with Gasteiger partial charge in [0.15, 0.2) is 5.65 Å². The Morgan fingerprint density at radius 1 is 1.14 bits per heavy atom. The smallest absolute Gasteiger partial charge is 0.215 e. The van der Waals surface area contributed by atoms with Crippen LogP contribution in [-0.2, 0) is 6.18 Å². The van der Waals surface area contributed by atoms with Crippen LogP contribution in [0.15, 0.2) is 42.7 Å². The van der Waals surface area contributed by atoms with Gasteiger partial charge in [0.1, 0.15) is 6.33 Å². The molecule has 3 rings (SSSR count). The molecule has 7 heteroatoms. The highest BCUT2D eigenvalue weighted by Gasteiger charge is 2.34. The summed E-state index contributed by atoms with van der Waals surface area (Å²) in [7, 11) is 0. The summed E-state index contributed by atoms with van der Waals surface area (Å²) in [6, 6.07) is 10.2. The summed E-state index contributed by atoms with van der Waals surface area (Å²) >= 11 is 0. The summed E-state index contributed by atoms with van der Waals surface area (Å²) in [6.07, 6.45) is -3.26. The van der Waals surface area contributed by atoms with Crippen molar-refractivity contribution in [2.75, 3.05) is 0 Å². The maximum absolute atomic E-state index is 13.0. The van der Waals surface area contributed by atoms with Gasteiger partial charge in [0.2, 0.25) is 0 Å². The lowest BCUT2D eigenvalue weighted by atomic mass is 10.0. The number of pyridine rings is 1. The second kappa shape index (κ2) is 4.59. The molecule has 3 aromatic rings. The Kier molecular flexibility index (Phi) is 2.87. The fraction of sp³-hybridized carbons (Fsp3) is 0.0714. The Hall–Kier alpha value is -2.88. The van der Waals surface area contributed by atoms with Crippen molar-refractivity contribution in [3.63, 3.8) is 0 Å². The van der Waals surface area contributed by atoms with Crippen LogP contribution in [-0.4, -0.2) is 14.6 Å². The van der Waals surface area contributed by atoms with Crippen LogP contribution < -0.4 is 0 Å². The second-order valence-corrected chi connectivity index (χ2v) is 4.31. The summed E-state index contributed by atoms with van der Waals surface area (Å²) in [5.74, 6) is 0. The zero-order chi connectivity index (χ0) is 15.0. The molecule has 4 nitrogen and oxygen atoms in total. The minimum absolute atomic E-state index is 0.317. The first-order valence-electron chi connectivity index (χ1n) is 5.91. The largest absolute Gasteiger partial charge is 0.417 e. The van der Waals surface area contributed by atoms with Crippen LogP contribution in [0, 0.1) is 11.3 Å². The van der Waals surface area contributed by atoms with Crippen molar-refractivity contribution in [1.29, 1.82) is 5.26 Å². The Balaban J connectivity index is 2.25. The van der Waals surface area contributed by atoms with Crippen molar-refractivity contribution in [1.82, 2.24) is 14.6 Å². The maximum atomic E-state index is 13.0. The first-order chi connectivity index (χ1) is 10.0. The lowest BCUT2D eigenvalue weighted by molar-refractivity contribution is -0.137. The van der Waals surface area contributed by atoms with Gasteiger partial charge in [0, 0.05) is 5.56 Å². The molecule has 2 heterocycles. The van der Waals surface area contributed by atoms with E-state index >= 15 is 0 Å². The average molecular weight is 288 g/mol. The van der Waals surface area contributed by atoms with Crippen molar-refractivity contribution in [2.45, 2.75) is 6.18 Å². The van der Waals surface area contributed by atoms with Gasteiger partial charge in [-0.05, 0) is 24.3 Å². The quantitative estimate of drug-likeness (QED) is 0.690. The van der Waals surface area contributed by atoms with E-state index in [0.717, 1.165) is 12.1 Å². The molecule has 0 aliphatic carbocycles. The molecule has 21 heavy (non-hydrogen) atoms. The molecule has 0 aliphatic rings. The van der Waals surface area contributed by atoms with Crippen molar-refractivity contribution in [2.24, 2.45) is 0 Å². The van der Waals surface area contributed by atoms with Crippen molar-refractivity contribution >= 4 is 5.65 Å². The molecule has 1 aromatic carbocycles. The molecule has 0 radical (unpaired) electrons. The van der Waals surface area contributed by atoms with Gasteiger partial charge in [0.25, 0.3) is 0 Å². The van der Waals surface area contributed by atoms with Crippen LogP contribution >= 0.6 is 0 Å². The minimum Gasteiger partial charge on any atom is -0.215 e. The number of fused-ring (bicyclic) bond motifs is 1. The molecule has 0 atom stereocenters. The van der Waals surface area contributed by atoms with Gasteiger partial charge < -0.3 is 0 Å². The predicted octanol–water partition coefficient (Wildman–Crippen LogP) is 3.29. The van der Waals surface area contributed by atoms with Crippen LogP contribution in [0.1, 0.15) is 11.1 Å². The van der Waals surface area contributed by atoms with Crippen LogP contribution in [0.3, 0.4) is 0 Å². The van der Waals surface area contributed by atoms with Crippen LogP contribution in [0.5, 0.6) is 0 Å². The number of benzene rings is 1. The summed E-state index contributed by atoms with van der Waals surface area (Å²) < 4.78 is 40.4. The van der Waals surface area contributed by atoms with E-state index in [4.69, 9.17) is 5.26 Å². The molecule has 0 spiro atoms. The summed E-state index contributed by atoms with van der Waals surface area (Å²) in [4.78, 5) is 3.99. The van der Waals surface area contributed by atoms with Crippen molar-refractivity contribution in [3.8, 4) is 17.3 Å². The van der Waals surface area contributed by atoms with Gasteiger partial charge in [-0.2, -0.15) is 23.5 Å². The number of nitrogens with zero attached hydrogens (tertiary/aromatic N) is 4. The highest BCUT2D eigenvalue weighted by Crippen LogP contribution is 2.34. The van der Waals surface area contributed by atoms with E-state index in [1.165, 1.54) is 16.9 Å². The molecule has 0 saturated heterocycles. The Bertz CT molecular complexity index is 859. The van der Waals surface area contributed by atoms with E-state index in [2.05, 4.69) is 10.1 Å². The first-order valence-corrected chi connectivity index (χ1v) is 5.91. The highest BCUT2D eigenvalue weighted by molar-refractivity contribution is 5.65. The Morgan fingerprint density at radius 3 is 2.67 bits per heavy atom. The topological polar surface area (TPSA) is 54.0 Å². The monoisotopic (exact) mass is 288 g/mol. The molecule has 0 bridgehead atoms. The number of hydrogen-bond donors (Lipinski definition) is 0. The highest BCUT2D eigenvalue weighted by atomic mass is 19.4. The molecule has 0 amide bonds. The summed E-state index contributed by atoms with van der Waals surface area (Å²) in [5.41, 5.74) is -0.0422. The molecule has 0 saturated carbocycles. The molecular formula is C14H7F3N4. The molecular weight excluding hydrogens is 281 g/mol. The van der Waals surface area contributed by atoms with Crippen LogP contribution in [0.25, 0.3) is 16.9 Å². The number of nitriles is 1. The Labute approximate surface area is 117 Å². The molecule has 0 N–H and O–H groups in total. The van der Waals surface area contributed by atoms with Gasteiger partial charge in [-0.25, -0.2) is 9.50 Å². The van der Waals surface area contributed by atoms with E-state index in [0.29, 0.717) is 16.9 Å². The molecule has 0 aliphatic heterocycles. The van der Waals surface area contributed by atoms with E-state index in [-0.39, 0.29) is 0 Å². The number of alkyl halides is 3. The fourth-order valence-electron chi connectivity index (χ4n) is 2.10. The summed E-state index contributed by atoms with van der Waals surface area (Å²) in [6.45, 7) is 0. The minimum atomic E-state index is -4.59. The number of aromatic nitrogens is 3. The lowest BCUT2D eigenvalue weighted by Gasteiger charge is -2.11. The fourth-order valence-corrected chi connectivity index (χ4v) is 2.10. The predicted molar refractivity (Wildman–Crippen MR) is 68.1 cm³/mol. The zero-order valence-corrected chi connectivity index (χ0v) is 10.5. The van der Waals surface area contributed by atoms with E-state index in [1.807, 2.05) is 0 Å². The van der Waals surface area contributed by atoms with Crippen LogP contribution in [0.4, 0.5) is 13.2 Å². The third-order valence-electron chi connectivity index (χ3n) is 3.04. The molecule has 104 valence electrons. The first kappa shape index (κ1) is 13.1. The third-order valence-corrected chi connectivity index (χ3v) is 3.04. The molecule has 0 unspecified atom stereocenters. The second-order valence-electron chi connectivity index (χ2n) is 4.31. The van der Waals surface area contributed by atoms with E-state index in [1.54, 1.807) is 24.3 Å². The summed E-state index contributed by atoms with van der Waals surface area (Å²) in [5, 5.41) is 12.8. The number of hydrogen-bond acceptors (Lipinski definition) is 3. The normalized spacial score (nSPS) is 11.5. The van der Waals surface area contributed by atoms with Crippen LogP contribution in [0.2, 0.25) is 0 Å². The van der Waals surface area contributed by atoms with Gasteiger partial charge in [-0.15, -0.1) is 0 Å². The average Bonchev–Trinajstić information content (AvgIpc) is 2.94. The zero-order valence-electron chi connectivity index (χ0n) is 10.5. The molecule has 0 fully saturated rings. The molecule has 2 aromatic heterocycles. The van der Waals surface area contributed by atoms with Gasteiger partial charge >= 0.3 is 6.18 Å². The maximum Gasteiger partial charge on any atom is 0.417 e. The lowest BCUT2D eigenvalue weighted by Crippen LogP contribution is -2.08. The Morgan fingerprint density at radius 2 is 1.95 bits per heavy atom. The van der Waals surface area contributed by atoms with Gasteiger partial charge in [0.05, 0.1) is 22.9 Å². The van der Waals surface area contributed by atoms with Gasteiger partial charge in [-0.3, -0.25) is 0 Å². The van der Waals surface area contributed by atoms with E-state index < -0.39 is 17.3 Å². The SMILES string of the molecule is N#Cc1ccc(-c2cccc3ncnn23)cc1C(F)(F)F. The third kappa shape index (κ3) is 2.21. The number of rotatable bonds is 1.